The first-order valence-electron chi connectivity index (χ1n) is 4.12. The van der Waals surface area contributed by atoms with E-state index in [1.54, 1.807) is 0 Å². The lowest BCUT2D eigenvalue weighted by atomic mass is 10.3. The van der Waals surface area contributed by atoms with E-state index in [9.17, 15) is 0 Å². The van der Waals surface area contributed by atoms with Crippen LogP contribution in [0.15, 0.2) is 0 Å². The molecule has 0 unspecified atom stereocenters. The second kappa shape index (κ2) is 5.69. The third-order valence-corrected chi connectivity index (χ3v) is 1.51. The summed E-state index contributed by atoms with van der Waals surface area (Å²) in [6.45, 7) is 11.2. The van der Waals surface area contributed by atoms with Crippen LogP contribution in [0.3, 0.4) is 0 Å². The number of hydrogen-bond acceptors (Lipinski definition) is 2. The first-order valence-corrected chi connectivity index (χ1v) is 4.12. The molecule has 0 bridgehead atoms. The summed E-state index contributed by atoms with van der Waals surface area (Å²) in [4.78, 5) is 2.31. The van der Waals surface area contributed by atoms with Gasteiger partial charge in [-0.1, -0.05) is 13.8 Å². The molecule has 0 aliphatic carbocycles. The van der Waals surface area contributed by atoms with E-state index in [-0.39, 0.29) is 0 Å². The van der Waals surface area contributed by atoms with Crippen LogP contribution < -0.4 is 0 Å². The predicted octanol–water partition coefficient (Wildman–Crippen LogP) is 1.71. The van der Waals surface area contributed by atoms with Gasteiger partial charge >= 0.3 is 0 Å². The Balaban J connectivity index is 0.000000371. The molecule has 1 rings (SSSR count). The number of nitrogens with zero attached hydrogens (tertiary/aromatic N) is 1. The molecule has 1 heterocycles. The van der Waals surface area contributed by atoms with Crippen molar-refractivity contribution in [3.8, 4) is 0 Å². The van der Waals surface area contributed by atoms with E-state index in [2.05, 4.69) is 18.7 Å². The van der Waals surface area contributed by atoms with Crippen molar-refractivity contribution in [3.63, 3.8) is 0 Å². The summed E-state index contributed by atoms with van der Waals surface area (Å²) in [6, 6.07) is 0.650. The highest BCUT2D eigenvalue weighted by Gasteiger charge is 2.13. The van der Waals surface area contributed by atoms with Crippen LogP contribution in [0.1, 0.15) is 27.7 Å². The van der Waals surface area contributed by atoms with Crippen LogP contribution in [0.4, 0.5) is 0 Å². The monoisotopic (exact) mass is 145 g/mol. The fraction of sp³-hybridized carbons (Fsp3) is 1.00. The number of hydrogen-bond donors (Lipinski definition) is 0. The maximum Gasteiger partial charge on any atom is 0.0993 e. The maximum absolute atomic E-state index is 5.14. The lowest BCUT2D eigenvalue weighted by Crippen LogP contribution is -2.27. The zero-order chi connectivity index (χ0) is 7.98. The summed E-state index contributed by atoms with van der Waals surface area (Å²) in [5.74, 6) is 0. The Morgan fingerprint density at radius 3 is 2.10 bits per heavy atom. The van der Waals surface area contributed by atoms with Crippen LogP contribution in [-0.4, -0.2) is 30.8 Å². The molecule has 1 saturated heterocycles. The zero-order valence-electron chi connectivity index (χ0n) is 7.55. The molecule has 2 nitrogen and oxygen atoms in total. The molecular weight excluding hydrogens is 126 g/mol. The molecule has 0 N–H and O–H groups in total. The van der Waals surface area contributed by atoms with Gasteiger partial charge in [-0.2, -0.15) is 0 Å². The van der Waals surface area contributed by atoms with Gasteiger partial charge in [0.25, 0.3) is 0 Å². The molecule has 0 radical (unpaired) electrons. The Morgan fingerprint density at radius 1 is 1.30 bits per heavy atom. The van der Waals surface area contributed by atoms with Crippen LogP contribution in [-0.2, 0) is 4.74 Å². The van der Waals surface area contributed by atoms with Crippen molar-refractivity contribution >= 4 is 0 Å². The Labute approximate surface area is 64.2 Å². The van der Waals surface area contributed by atoms with Crippen LogP contribution in [0.5, 0.6) is 0 Å². The van der Waals surface area contributed by atoms with E-state index < -0.39 is 0 Å². The number of ether oxygens (including phenoxy) is 1. The summed E-state index contributed by atoms with van der Waals surface area (Å²) in [7, 11) is 0. The van der Waals surface area contributed by atoms with Crippen molar-refractivity contribution in [2.45, 2.75) is 33.7 Å². The van der Waals surface area contributed by atoms with Crippen LogP contribution >= 0.6 is 0 Å². The summed E-state index contributed by atoms with van der Waals surface area (Å²) < 4.78 is 5.14. The fourth-order valence-corrected chi connectivity index (χ4v) is 0.835. The Hall–Kier alpha value is -0.0800. The standard InChI is InChI=1S/C6H13NO.C2H6/c1-6(2)7-3-4-8-5-7;1-2/h6H,3-5H2,1-2H3;1-2H3. The molecule has 1 fully saturated rings. The van der Waals surface area contributed by atoms with Crippen molar-refractivity contribution in [2.75, 3.05) is 19.9 Å². The van der Waals surface area contributed by atoms with Gasteiger partial charge in [0.15, 0.2) is 0 Å². The molecule has 62 valence electrons. The summed E-state index contributed by atoms with van der Waals surface area (Å²) in [6.07, 6.45) is 0. The van der Waals surface area contributed by atoms with Gasteiger partial charge in [0.2, 0.25) is 0 Å². The van der Waals surface area contributed by atoms with Crippen molar-refractivity contribution in [3.05, 3.63) is 0 Å². The first kappa shape index (κ1) is 9.92. The van der Waals surface area contributed by atoms with Crippen LogP contribution in [0.2, 0.25) is 0 Å². The summed E-state index contributed by atoms with van der Waals surface area (Å²) >= 11 is 0. The highest BCUT2D eigenvalue weighted by molar-refractivity contribution is 4.61. The van der Waals surface area contributed by atoms with Crippen molar-refractivity contribution in [2.24, 2.45) is 0 Å². The molecule has 0 aromatic heterocycles. The van der Waals surface area contributed by atoms with E-state index in [1.165, 1.54) is 0 Å². The quantitative estimate of drug-likeness (QED) is 0.557. The second-order valence-corrected chi connectivity index (χ2v) is 2.44. The van der Waals surface area contributed by atoms with Gasteiger partial charge in [-0.15, -0.1) is 0 Å². The summed E-state index contributed by atoms with van der Waals surface area (Å²) in [5, 5.41) is 0. The largest absolute Gasteiger partial charge is 0.365 e. The van der Waals surface area contributed by atoms with E-state index in [1.807, 2.05) is 13.8 Å². The Bertz CT molecular complexity index is 67.7. The van der Waals surface area contributed by atoms with E-state index in [4.69, 9.17) is 4.74 Å². The van der Waals surface area contributed by atoms with Gasteiger partial charge in [0.05, 0.1) is 13.3 Å². The maximum atomic E-state index is 5.14. The SMILES string of the molecule is CC.CC(C)N1CCOC1. The van der Waals surface area contributed by atoms with Gasteiger partial charge in [-0.3, -0.25) is 4.90 Å². The van der Waals surface area contributed by atoms with Gasteiger partial charge in [-0.25, -0.2) is 0 Å². The normalized spacial score (nSPS) is 18.9. The minimum absolute atomic E-state index is 0.650. The molecule has 1 aliphatic heterocycles. The number of rotatable bonds is 1. The molecule has 0 atom stereocenters. The molecule has 2 heteroatoms. The van der Waals surface area contributed by atoms with E-state index >= 15 is 0 Å². The Morgan fingerprint density at radius 2 is 1.90 bits per heavy atom. The smallest absolute Gasteiger partial charge is 0.0993 e. The highest BCUT2D eigenvalue weighted by Crippen LogP contribution is 2.02. The second-order valence-electron chi connectivity index (χ2n) is 2.44. The van der Waals surface area contributed by atoms with Gasteiger partial charge in [0, 0.05) is 12.6 Å². The van der Waals surface area contributed by atoms with Gasteiger partial charge in [0.1, 0.15) is 0 Å². The first-order chi connectivity index (χ1) is 4.80. The molecule has 10 heavy (non-hydrogen) atoms. The lowest BCUT2D eigenvalue weighted by molar-refractivity contribution is 0.124. The third kappa shape index (κ3) is 3.18. The molecular formula is C8H19NO. The molecule has 0 saturated carbocycles. The lowest BCUT2D eigenvalue weighted by Gasteiger charge is -2.16. The van der Waals surface area contributed by atoms with Crippen molar-refractivity contribution in [1.29, 1.82) is 0 Å². The predicted molar refractivity (Wildman–Crippen MR) is 44.0 cm³/mol. The topological polar surface area (TPSA) is 12.5 Å². The van der Waals surface area contributed by atoms with Gasteiger partial charge in [-0.05, 0) is 13.8 Å². The Kier molecular flexibility index (Phi) is 5.64. The third-order valence-electron chi connectivity index (χ3n) is 1.51. The van der Waals surface area contributed by atoms with E-state index in [0.717, 1.165) is 19.9 Å². The van der Waals surface area contributed by atoms with Crippen molar-refractivity contribution < 1.29 is 4.74 Å². The molecule has 1 aliphatic rings. The average molecular weight is 145 g/mol. The highest BCUT2D eigenvalue weighted by atomic mass is 16.5. The fourth-order valence-electron chi connectivity index (χ4n) is 0.835. The minimum Gasteiger partial charge on any atom is -0.365 e. The zero-order valence-corrected chi connectivity index (χ0v) is 7.55. The molecule has 0 aromatic rings. The molecule has 0 aromatic carbocycles. The molecule has 0 amide bonds. The minimum atomic E-state index is 0.650. The van der Waals surface area contributed by atoms with E-state index in [0.29, 0.717) is 6.04 Å². The summed E-state index contributed by atoms with van der Waals surface area (Å²) in [5.41, 5.74) is 0. The van der Waals surface area contributed by atoms with Crippen LogP contribution in [0.25, 0.3) is 0 Å². The average Bonchev–Trinajstić information content (AvgIpc) is 2.42. The van der Waals surface area contributed by atoms with Gasteiger partial charge < -0.3 is 4.74 Å². The van der Waals surface area contributed by atoms with Crippen LogP contribution in [0, 0.1) is 0 Å². The molecule has 0 spiro atoms. The van der Waals surface area contributed by atoms with Crippen molar-refractivity contribution in [1.82, 2.24) is 4.90 Å².